The molecule has 0 atom stereocenters. The van der Waals surface area contributed by atoms with Crippen molar-refractivity contribution in [2.45, 2.75) is 6.92 Å². The Balaban J connectivity index is 2.43. The van der Waals surface area contributed by atoms with E-state index in [9.17, 15) is 14.9 Å². The summed E-state index contributed by atoms with van der Waals surface area (Å²) in [5.74, 6) is -1.01. The second kappa shape index (κ2) is 5.80. The number of rotatable bonds is 4. The second-order valence-electron chi connectivity index (χ2n) is 4.28. The highest BCUT2D eigenvalue weighted by Crippen LogP contribution is 2.33. The number of nitrogens with zero attached hydrogens (tertiary/aromatic N) is 1. The molecular formula is C14H10ClNO5. The number of hydrogen-bond acceptors (Lipinski definition) is 4. The molecule has 0 aromatic heterocycles. The van der Waals surface area contributed by atoms with Crippen molar-refractivity contribution in [3.8, 4) is 11.5 Å². The first kappa shape index (κ1) is 14.8. The van der Waals surface area contributed by atoms with Gasteiger partial charge in [0, 0.05) is 6.07 Å². The molecule has 0 radical (unpaired) electrons. The van der Waals surface area contributed by atoms with Crippen LogP contribution >= 0.6 is 11.6 Å². The van der Waals surface area contributed by atoms with Gasteiger partial charge in [-0.15, -0.1) is 0 Å². The zero-order valence-corrected chi connectivity index (χ0v) is 11.6. The number of aromatic carboxylic acids is 1. The van der Waals surface area contributed by atoms with Crippen LogP contribution in [-0.4, -0.2) is 16.0 Å². The van der Waals surface area contributed by atoms with E-state index in [0.29, 0.717) is 0 Å². The van der Waals surface area contributed by atoms with E-state index in [1.807, 2.05) is 0 Å². The summed E-state index contributed by atoms with van der Waals surface area (Å²) in [6.07, 6.45) is 0. The Morgan fingerprint density at radius 2 is 2.00 bits per heavy atom. The minimum atomic E-state index is -1.20. The maximum Gasteiger partial charge on any atom is 0.337 e. The van der Waals surface area contributed by atoms with E-state index < -0.39 is 10.9 Å². The molecule has 1 N–H and O–H groups in total. The molecule has 0 bridgehead atoms. The molecule has 0 saturated heterocycles. The molecule has 6 nitrogen and oxygen atoms in total. The number of halogens is 1. The first-order valence-corrected chi connectivity index (χ1v) is 6.22. The summed E-state index contributed by atoms with van der Waals surface area (Å²) in [6, 6.07) is 8.46. The molecule has 0 fully saturated rings. The third-order valence-electron chi connectivity index (χ3n) is 2.71. The van der Waals surface area contributed by atoms with Gasteiger partial charge in [0.15, 0.2) is 0 Å². The van der Waals surface area contributed by atoms with Crippen LogP contribution in [-0.2, 0) is 0 Å². The number of aryl methyl sites for hydroxylation is 1. The lowest BCUT2D eigenvalue weighted by Crippen LogP contribution is -1.99. The van der Waals surface area contributed by atoms with Crippen LogP contribution in [0.1, 0.15) is 15.9 Å². The Morgan fingerprint density at radius 3 is 2.62 bits per heavy atom. The van der Waals surface area contributed by atoms with E-state index in [0.717, 1.165) is 5.56 Å². The lowest BCUT2D eigenvalue weighted by atomic mass is 10.2. The number of nitro benzene ring substituents is 1. The monoisotopic (exact) mass is 307 g/mol. The van der Waals surface area contributed by atoms with E-state index >= 15 is 0 Å². The van der Waals surface area contributed by atoms with Crippen LogP contribution in [0, 0.1) is 17.0 Å². The number of ether oxygens (including phenoxy) is 1. The molecule has 0 saturated carbocycles. The number of carbonyl (C=O) groups is 1. The summed E-state index contributed by atoms with van der Waals surface area (Å²) in [7, 11) is 0. The second-order valence-corrected chi connectivity index (χ2v) is 4.68. The molecule has 2 aromatic rings. The molecule has 0 heterocycles. The largest absolute Gasteiger partial charge is 0.478 e. The van der Waals surface area contributed by atoms with Crippen molar-refractivity contribution in [2.75, 3.05) is 0 Å². The van der Waals surface area contributed by atoms with E-state index in [2.05, 4.69) is 0 Å². The molecule has 21 heavy (non-hydrogen) atoms. The Bertz CT molecular complexity index is 729. The average molecular weight is 308 g/mol. The Labute approximate surface area is 124 Å². The molecule has 7 heteroatoms. The predicted molar refractivity (Wildman–Crippen MR) is 76.3 cm³/mol. The van der Waals surface area contributed by atoms with E-state index in [1.165, 1.54) is 30.3 Å². The zero-order chi connectivity index (χ0) is 15.6. The maximum atomic E-state index is 11.0. The van der Waals surface area contributed by atoms with Gasteiger partial charge in [-0.3, -0.25) is 10.1 Å². The standard InChI is InChI=1S/C14H10ClNO5/c1-8-2-5-12(16(19)20)13(6-8)21-9-3-4-11(15)10(7-9)14(17)18/h2-7H,1H3,(H,17,18). The predicted octanol–water partition coefficient (Wildman–Crippen LogP) is 4.05. The molecule has 0 spiro atoms. The van der Waals surface area contributed by atoms with Crippen molar-refractivity contribution in [2.24, 2.45) is 0 Å². The summed E-state index contributed by atoms with van der Waals surface area (Å²) < 4.78 is 5.43. The quantitative estimate of drug-likeness (QED) is 0.680. The number of hydrogen-bond donors (Lipinski definition) is 1. The van der Waals surface area contributed by atoms with E-state index in [1.54, 1.807) is 13.0 Å². The lowest BCUT2D eigenvalue weighted by Gasteiger charge is -2.08. The van der Waals surface area contributed by atoms with Gasteiger partial charge in [-0.1, -0.05) is 17.7 Å². The van der Waals surface area contributed by atoms with Gasteiger partial charge in [0.05, 0.1) is 15.5 Å². The van der Waals surface area contributed by atoms with Crippen LogP contribution in [0.5, 0.6) is 11.5 Å². The third-order valence-corrected chi connectivity index (χ3v) is 3.04. The lowest BCUT2D eigenvalue weighted by molar-refractivity contribution is -0.385. The van der Waals surface area contributed by atoms with Crippen LogP contribution in [0.2, 0.25) is 5.02 Å². The van der Waals surface area contributed by atoms with Crippen LogP contribution < -0.4 is 4.74 Å². The summed E-state index contributed by atoms with van der Waals surface area (Å²) in [5.41, 5.74) is 0.444. The molecule has 0 aliphatic heterocycles. The molecule has 0 aliphatic rings. The number of benzene rings is 2. The third kappa shape index (κ3) is 3.29. The number of carboxylic acids is 1. The van der Waals surface area contributed by atoms with Gasteiger partial charge >= 0.3 is 11.7 Å². The van der Waals surface area contributed by atoms with Gasteiger partial charge < -0.3 is 9.84 Å². The van der Waals surface area contributed by atoms with Crippen molar-refractivity contribution < 1.29 is 19.6 Å². The molecule has 0 aliphatic carbocycles. The molecule has 108 valence electrons. The van der Waals surface area contributed by atoms with Crippen molar-refractivity contribution in [3.63, 3.8) is 0 Å². The summed E-state index contributed by atoms with van der Waals surface area (Å²) >= 11 is 5.76. The summed E-state index contributed by atoms with van der Waals surface area (Å²) in [4.78, 5) is 21.4. The highest BCUT2D eigenvalue weighted by Gasteiger charge is 2.17. The van der Waals surface area contributed by atoms with Crippen LogP contribution in [0.25, 0.3) is 0 Å². The van der Waals surface area contributed by atoms with Crippen LogP contribution in [0.3, 0.4) is 0 Å². The van der Waals surface area contributed by atoms with Gasteiger partial charge in [0.25, 0.3) is 0 Å². The Morgan fingerprint density at radius 1 is 1.29 bits per heavy atom. The fraction of sp³-hybridized carbons (Fsp3) is 0.0714. The van der Waals surface area contributed by atoms with Crippen LogP contribution in [0.4, 0.5) is 5.69 Å². The van der Waals surface area contributed by atoms with Crippen molar-refractivity contribution in [3.05, 3.63) is 62.7 Å². The molecule has 2 aromatic carbocycles. The summed E-state index contributed by atoms with van der Waals surface area (Å²) in [6.45, 7) is 1.77. The van der Waals surface area contributed by atoms with Crippen molar-refractivity contribution >= 4 is 23.3 Å². The Kier molecular flexibility index (Phi) is 4.09. The average Bonchev–Trinajstić information content (AvgIpc) is 2.40. The highest BCUT2D eigenvalue weighted by molar-refractivity contribution is 6.33. The van der Waals surface area contributed by atoms with Crippen LogP contribution in [0.15, 0.2) is 36.4 Å². The molecule has 0 unspecified atom stereocenters. The molecule has 0 amide bonds. The summed E-state index contributed by atoms with van der Waals surface area (Å²) in [5, 5.41) is 20.0. The maximum absolute atomic E-state index is 11.0. The van der Waals surface area contributed by atoms with Gasteiger partial charge in [-0.05, 0) is 36.8 Å². The highest BCUT2D eigenvalue weighted by atomic mass is 35.5. The fourth-order valence-corrected chi connectivity index (χ4v) is 1.91. The first-order valence-electron chi connectivity index (χ1n) is 5.84. The molecule has 2 rings (SSSR count). The SMILES string of the molecule is Cc1ccc([N+](=O)[O-])c(Oc2ccc(Cl)c(C(=O)O)c2)c1. The molecular weight excluding hydrogens is 298 g/mol. The van der Waals surface area contributed by atoms with Gasteiger partial charge in [0.2, 0.25) is 5.75 Å². The minimum absolute atomic E-state index is 0.0404. The van der Waals surface area contributed by atoms with E-state index in [4.69, 9.17) is 21.4 Å². The van der Waals surface area contributed by atoms with E-state index in [-0.39, 0.29) is 27.8 Å². The normalized spacial score (nSPS) is 10.2. The fourth-order valence-electron chi connectivity index (χ4n) is 1.71. The smallest absolute Gasteiger partial charge is 0.337 e. The number of carboxylic acid groups (broad SMARTS) is 1. The van der Waals surface area contributed by atoms with Crippen molar-refractivity contribution in [1.29, 1.82) is 0 Å². The minimum Gasteiger partial charge on any atom is -0.478 e. The van der Waals surface area contributed by atoms with Gasteiger partial charge in [0.1, 0.15) is 5.75 Å². The number of nitro groups is 1. The van der Waals surface area contributed by atoms with Crippen molar-refractivity contribution in [1.82, 2.24) is 0 Å². The topological polar surface area (TPSA) is 89.7 Å². The zero-order valence-electron chi connectivity index (χ0n) is 10.9. The van der Waals surface area contributed by atoms with Gasteiger partial charge in [-0.25, -0.2) is 4.79 Å². The Hall–Kier alpha value is -2.60. The first-order chi connectivity index (χ1) is 9.88. The van der Waals surface area contributed by atoms with Gasteiger partial charge in [-0.2, -0.15) is 0 Å².